The maximum atomic E-state index is 6.37. The van der Waals surface area contributed by atoms with Crippen molar-refractivity contribution in [3.8, 4) is 17.0 Å². The number of nitrogens with two attached hydrogens (primary N) is 1. The van der Waals surface area contributed by atoms with Crippen molar-refractivity contribution in [1.82, 2.24) is 9.55 Å². The second kappa shape index (κ2) is 6.66. The molecule has 0 saturated carbocycles. The van der Waals surface area contributed by atoms with E-state index < -0.39 is 0 Å². The zero-order chi connectivity index (χ0) is 15.4. The van der Waals surface area contributed by atoms with Gasteiger partial charge in [0.15, 0.2) is 0 Å². The van der Waals surface area contributed by atoms with Crippen LogP contribution in [0.3, 0.4) is 0 Å². The van der Waals surface area contributed by atoms with Gasteiger partial charge in [-0.1, -0.05) is 39.3 Å². The van der Waals surface area contributed by atoms with Crippen molar-refractivity contribution in [2.24, 2.45) is 0 Å². The van der Waals surface area contributed by atoms with Gasteiger partial charge in [-0.15, -0.1) is 0 Å². The predicted octanol–water partition coefficient (Wildman–Crippen LogP) is 4.06. The standard InChI is InChI=1S/C17H25N3O/c1-5-6-10-20-16(18)15(19-17(20)12(2)3)13-8-7-9-14(11-13)21-4/h7-9,11-12H,5-6,10,18H2,1-4H3. The first-order valence-corrected chi connectivity index (χ1v) is 7.58. The smallest absolute Gasteiger partial charge is 0.131 e. The van der Waals surface area contributed by atoms with Crippen molar-refractivity contribution in [2.45, 2.75) is 46.1 Å². The molecule has 21 heavy (non-hydrogen) atoms. The Morgan fingerprint density at radius 2 is 2.10 bits per heavy atom. The van der Waals surface area contributed by atoms with Crippen LogP contribution in [0.25, 0.3) is 11.3 Å². The fourth-order valence-electron chi connectivity index (χ4n) is 2.46. The number of imidazole rings is 1. The third-order valence-electron chi connectivity index (χ3n) is 3.63. The van der Waals surface area contributed by atoms with Crippen molar-refractivity contribution in [3.05, 3.63) is 30.1 Å². The molecule has 0 atom stereocenters. The van der Waals surface area contributed by atoms with Crippen LogP contribution in [0.15, 0.2) is 24.3 Å². The van der Waals surface area contributed by atoms with Crippen molar-refractivity contribution in [2.75, 3.05) is 12.8 Å². The summed E-state index contributed by atoms with van der Waals surface area (Å²) in [5.74, 6) is 2.98. The number of rotatable bonds is 6. The Morgan fingerprint density at radius 1 is 1.33 bits per heavy atom. The van der Waals surface area contributed by atoms with E-state index in [9.17, 15) is 0 Å². The van der Waals surface area contributed by atoms with E-state index in [0.29, 0.717) is 5.92 Å². The molecule has 0 aliphatic rings. The molecular weight excluding hydrogens is 262 g/mol. The molecule has 0 aliphatic heterocycles. The van der Waals surface area contributed by atoms with Gasteiger partial charge in [-0.2, -0.15) is 0 Å². The van der Waals surface area contributed by atoms with Crippen LogP contribution < -0.4 is 10.5 Å². The molecule has 0 spiro atoms. The number of ether oxygens (including phenoxy) is 1. The number of methoxy groups -OCH3 is 1. The van der Waals surface area contributed by atoms with E-state index in [1.54, 1.807) is 7.11 Å². The zero-order valence-electron chi connectivity index (χ0n) is 13.4. The minimum absolute atomic E-state index is 0.350. The highest BCUT2D eigenvalue weighted by molar-refractivity contribution is 5.72. The van der Waals surface area contributed by atoms with E-state index in [2.05, 4.69) is 25.3 Å². The first-order valence-electron chi connectivity index (χ1n) is 7.58. The van der Waals surface area contributed by atoms with Crippen LogP contribution in [0.2, 0.25) is 0 Å². The molecule has 0 amide bonds. The highest BCUT2D eigenvalue weighted by atomic mass is 16.5. The van der Waals surface area contributed by atoms with Gasteiger partial charge in [-0.25, -0.2) is 4.98 Å². The predicted molar refractivity (Wildman–Crippen MR) is 87.6 cm³/mol. The second-order valence-electron chi connectivity index (χ2n) is 5.60. The molecule has 2 aromatic rings. The second-order valence-corrected chi connectivity index (χ2v) is 5.60. The summed E-state index contributed by atoms with van der Waals surface area (Å²) in [5, 5.41) is 0. The molecule has 0 aliphatic carbocycles. The lowest BCUT2D eigenvalue weighted by molar-refractivity contribution is 0.415. The minimum atomic E-state index is 0.350. The Hall–Kier alpha value is -1.97. The third kappa shape index (κ3) is 3.20. The van der Waals surface area contributed by atoms with Crippen LogP contribution in [-0.2, 0) is 6.54 Å². The van der Waals surface area contributed by atoms with Gasteiger partial charge in [0.1, 0.15) is 23.1 Å². The monoisotopic (exact) mass is 287 g/mol. The number of nitrogens with zero attached hydrogens (tertiary/aromatic N) is 2. The Bertz CT molecular complexity index is 602. The molecule has 1 aromatic heterocycles. The number of anilines is 1. The van der Waals surface area contributed by atoms with E-state index in [4.69, 9.17) is 15.5 Å². The van der Waals surface area contributed by atoms with E-state index in [1.807, 2.05) is 24.3 Å². The van der Waals surface area contributed by atoms with Crippen molar-refractivity contribution >= 4 is 5.82 Å². The molecule has 4 heteroatoms. The van der Waals surface area contributed by atoms with Gasteiger partial charge in [-0.3, -0.25) is 0 Å². The first-order chi connectivity index (χ1) is 10.1. The average molecular weight is 287 g/mol. The van der Waals surface area contributed by atoms with Crippen LogP contribution >= 0.6 is 0 Å². The summed E-state index contributed by atoms with van der Waals surface area (Å²) < 4.78 is 7.45. The van der Waals surface area contributed by atoms with Crippen LogP contribution in [0.4, 0.5) is 5.82 Å². The quantitative estimate of drug-likeness (QED) is 0.871. The maximum Gasteiger partial charge on any atom is 0.131 e. The molecule has 2 rings (SSSR count). The van der Waals surface area contributed by atoms with Gasteiger partial charge in [0, 0.05) is 18.0 Å². The maximum absolute atomic E-state index is 6.37. The molecular formula is C17H25N3O. The minimum Gasteiger partial charge on any atom is -0.497 e. The first kappa shape index (κ1) is 15.4. The number of unbranched alkanes of at least 4 members (excludes halogenated alkanes) is 1. The summed E-state index contributed by atoms with van der Waals surface area (Å²) in [6.45, 7) is 7.41. The highest BCUT2D eigenvalue weighted by Crippen LogP contribution is 2.31. The molecule has 1 heterocycles. The van der Waals surface area contributed by atoms with E-state index in [0.717, 1.165) is 48.0 Å². The van der Waals surface area contributed by atoms with Gasteiger partial charge < -0.3 is 15.0 Å². The summed E-state index contributed by atoms with van der Waals surface area (Å²) in [6.07, 6.45) is 2.25. The molecule has 0 radical (unpaired) electrons. The van der Waals surface area contributed by atoms with E-state index in [1.165, 1.54) is 0 Å². The SMILES string of the molecule is CCCCn1c(C(C)C)nc(-c2cccc(OC)c2)c1N. The molecule has 0 saturated heterocycles. The van der Waals surface area contributed by atoms with Gasteiger partial charge in [-0.05, 0) is 18.6 Å². The van der Waals surface area contributed by atoms with Gasteiger partial charge in [0.05, 0.1) is 7.11 Å². The van der Waals surface area contributed by atoms with E-state index in [-0.39, 0.29) is 0 Å². The number of nitrogen functional groups attached to an aromatic ring is 1. The van der Waals surface area contributed by atoms with Gasteiger partial charge in [0.2, 0.25) is 0 Å². The topological polar surface area (TPSA) is 53.1 Å². The van der Waals surface area contributed by atoms with Crippen molar-refractivity contribution in [1.29, 1.82) is 0 Å². The van der Waals surface area contributed by atoms with Crippen LogP contribution in [0, 0.1) is 0 Å². The van der Waals surface area contributed by atoms with Crippen LogP contribution in [0.1, 0.15) is 45.4 Å². The normalized spacial score (nSPS) is 11.1. The van der Waals surface area contributed by atoms with Gasteiger partial charge in [0.25, 0.3) is 0 Å². The third-order valence-corrected chi connectivity index (χ3v) is 3.63. The lowest BCUT2D eigenvalue weighted by atomic mass is 10.1. The van der Waals surface area contributed by atoms with Crippen LogP contribution in [-0.4, -0.2) is 16.7 Å². The Kier molecular flexibility index (Phi) is 4.89. The Balaban J connectivity index is 2.48. The molecule has 4 nitrogen and oxygen atoms in total. The zero-order valence-corrected chi connectivity index (χ0v) is 13.4. The lowest BCUT2D eigenvalue weighted by Gasteiger charge is -2.11. The Morgan fingerprint density at radius 3 is 2.71 bits per heavy atom. The number of hydrogen-bond acceptors (Lipinski definition) is 3. The molecule has 0 bridgehead atoms. The lowest BCUT2D eigenvalue weighted by Crippen LogP contribution is -2.08. The largest absolute Gasteiger partial charge is 0.497 e. The van der Waals surface area contributed by atoms with Crippen molar-refractivity contribution < 1.29 is 4.74 Å². The summed E-state index contributed by atoms with van der Waals surface area (Å²) >= 11 is 0. The Labute approximate surface area is 127 Å². The average Bonchev–Trinajstić information content (AvgIpc) is 2.82. The fourth-order valence-corrected chi connectivity index (χ4v) is 2.46. The summed E-state index contributed by atoms with van der Waals surface area (Å²) in [5.41, 5.74) is 8.22. The molecule has 114 valence electrons. The summed E-state index contributed by atoms with van der Waals surface area (Å²) in [7, 11) is 1.67. The van der Waals surface area contributed by atoms with Crippen LogP contribution in [0.5, 0.6) is 5.75 Å². The van der Waals surface area contributed by atoms with E-state index >= 15 is 0 Å². The molecule has 1 aromatic carbocycles. The summed E-state index contributed by atoms with van der Waals surface area (Å²) in [4.78, 5) is 4.79. The highest BCUT2D eigenvalue weighted by Gasteiger charge is 2.18. The number of aromatic nitrogens is 2. The fraction of sp³-hybridized carbons (Fsp3) is 0.471. The van der Waals surface area contributed by atoms with Crippen molar-refractivity contribution in [3.63, 3.8) is 0 Å². The number of benzene rings is 1. The molecule has 0 fully saturated rings. The molecule has 2 N–H and O–H groups in total. The number of hydrogen-bond donors (Lipinski definition) is 1. The summed E-state index contributed by atoms with van der Waals surface area (Å²) in [6, 6.07) is 7.90. The molecule has 0 unspecified atom stereocenters. The van der Waals surface area contributed by atoms with Gasteiger partial charge >= 0.3 is 0 Å².